The minimum atomic E-state index is -0.603. The molecule has 0 saturated carbocycles. The van der Waals surface area contributed by atoms with Gasteiger partial charge in [0, 0.05) is 18.2 Å². The normalized spacial score (nSPS) is 20.7. The molecule has 1 aliphatic carbocycles. The van der Waals surface area contributed by atoms with E-state index >= 15 is 0 Å². The largest absolute Gasteiger partial charge is 0.389 e. The van der Waals surface area contributed by atoms with Gasteiger partial charge in [-0.05, 0) is 6.42 Å². The predicted octanol–water partition coefficient (Wildman–Crippen LogP) is 2.64. The summed E-state index contributed by atoms with van der Waals surface area (Å²) in [5.74, 6) is 0.887. The van der Waals surface area contributed by atoms with Crippen LogP contribution < -0.4 is 5.32 Å². The summed E-state index contributed by atoms with van der Waals surface area (Å²) < 4.78 is 0. The van der Waals surface area contributed by atoms with Crippen LogP contribution in [-0.2, 0) is 0 Å². The Kier molecular flexibility index (Phi) is 5.38. The lowest BCUT2D eigenvalue weighted by molar-refractivity contribution is -0.384. The monoisotopic (exact) mass is 330 g/mol. The Morgan fingerprint density at radius 1 is 1.57 bits per heavy atom. The molecule has 0 bridgehead atoms. The molecule has 7 nitrogen and oxygen atoms in total. The number of nitrogens with zero attached hydrogens (tertiary/aromatic N) is 3. The van der Waals surface area contributed by atoms with E-state index in [9.17, 15) is 15.2 Å². The fourth-order valence-corrected chi connectivity index (χ4v) is 2.88. The Morgan fingerprint density at radius 2 is 2.33 bits per heavy atom. The van der Waals surface area contributed by atoms with Crippen molar-refractivity contribution in [3.63, 3.8) is 0 Å². The third kappa shape index (κ3) is 4.05. The van der Waals surface area contributed by atoms with Gasteiger partial charge in [0.1, 0.15) is 0 Å². The van der Waals surface area contributed by atoms with Crippen molar-refractivity contribution in [2.45, 2.75) is 37.1 Å². The summed E-state index contributed by atoms with van der Waals surface area (Å²) in [6.45, 7) is 2.02. The number of aliphatic hydroxyl groups is 1. The van der Waals surface area contributed by atoms with Crippen LogP contribution in [0.5, 0.6) is 0 Å². The zero-order valence-corrected chi connectivity index (χ0v) is 12.9. The highest BCUT2D eigenvalue weighted by atomic mass is 35.5. The number of thioether (sulfide) groups is 1. The molecule has 0 saturated heterocycles. The maximum atomic E-state index is 11.1. The molecule has 0 spiro atoms. The van der Waals surface area contributed by atoms with Gasteiger partial charge < -0.3 is 10.4 Å². The highest BCUT2D eigenvalue weighted by Gasteiger charge is 2.26. The lowest BCUT2D eigenvalue weighted by Gasteiger charge is -2.13. The molecule has 114 valence electrons. The predicted molar refractivity (Wildman–Crippen MR) is 81.9 cm³/mol. The maximum absolute atomic E-state index is 11.1. The zero-order chi connectivity index (χ0) is 15.4. The smallest absolute Gasteiger partial charge is 0.348 e. The lowest BCUT2D eigenvalue weighted by atomic mass is 10.2. The molecular formula is C12H15ClN4O3S. The SMILES string of the molecule is CCCSc1nc(Cl)c([N+](=O)[O-])c(NC2C=C[C@@H](O)C2)n1. The van der Waals surface area contributed by atoms with E-state index in [4.69, 9.17) is 11.6 Å². The van der Waals surface area contributed by atoms with Gasteiger partial charge in [0.05, 0.1) is 11.0 Å². The minimum absolute atomic E-state index is 0.0855. The number of anilines is 1. The van der Waals surface area contributed by atoms with E-state index < -0.39 is 11.0 Å². The molecule has 2 rings (SSSR count). The molecule has 1 aliphatic rings. The van der Waals surface area contributed by atoms with Crippen molar-refractivity contribution in [2.75, 3.05) is 11.1 Å². The second-order valence-corrected chi connectivity index (χ2v) is 5.96. The second-order valence-electron chi connectivity index (χ2n) is 4.54. The third-order valence-corrected chi connectivity index (χ3v) is 4.14. The van der Waals surface area contributed by atoms with Crippen molar-refractivity contribution in [1.82, 2.24) is 9.97 Å². The summed E-state index contributed by atoms with van der Waals surface area (Å²) in [6.07, 6.45) is 4.22. The molecule has 0 fully saturated rings. The van der Waals surface area contributed by atoms with Gasteiger partial charge >= 0.3 is 5.69 Å². The fourth-order valence-electron chi connectivity index (χ4n) is 1.89. The highest BCUT2D eigenvalue weighted by molar-refractivity contribution is 7.99. The topological polar surface area (TPSA) is 101 Å². The lowest BCUT2D eigenvalue weighted by Crippen LogP contribution is -2.19. The number of nitrogens with one attached hydrogen (secondary N) is 1. The number of hydrogen-bond acceptors (Lipinski definition) is 7. The quantitative estimate of drug-likeness (QED) is 0.206. The number of aliphatic hydroxyl groups excluding tert-OH is 1. The summed E-state index contributed by atoms with van der Waals surface area (Å²) in [4.78, 5) is 18.7. The van der Waals surface area contributed by atoms with Gasteiger partial charge in [-0.2, -0.15) is 4.98 Å². The second kappa shape index (κ2) is 7.06. The van der Waals surface area contributed by atoms with E-state index in [0.717, 1.165) is 12.2 Å². The average Bonchev–Trinajstić information content (AvgIpc) is 2.80. The first-order chi connectivity index (χ1) is 10.0. The van der Waals surface area contributed by atoms with E-state index in [0.29, 0.717) is 11.6 Å². The molecule has 0 radical (unpaired) electrons. The molecule has 0 aromatic carbocycles. The van der Waals surface area contributed by atoms with Crippen LogP contribution in [0.2, 0.25) is 5.15 Å². The van der Waals surface area contributed by atoms with Crippen LogP contribution in [0.25, 0.3) is 0 Å². The van der Waals surface area contributed by atoms with E-state index in [1.807, 2.05) is 6.92 Å². The van der Waals surface area contributed by atoms with Crippen molar-refractivity contribution < 1.29 is 10.0 Å². The molecule has 0 amide bonds. The number of nitro groups is 1. The van der Waals surface area contributed by atoms with Crippen LogP contribution in [-0.4, -0.2) is 37.9 Å². The van der Waals surface area contributed by atoms with Crippen LogP contribution in [0.1, 0.15) is 19.8 Å². The van der Waals surface area contributed by atoms with Crippen molar-refractivity contribution in [2.24, 2.45) is 0 Å². The Labute approximate surface area is 131 Å². The Morgan fingerprint density at radius 3 is 2.90 bits per heavy atom. The number of rotatable bonds is 6. The van der Waals surface area contributed by atoms with Gasteiger partial charge in [0.2, 0.25) is 11.0 Å². The van der Waals surface area contributed by atoms with Crippen LogP contribution in [0.15, 0.2) is 17.3 Å². The van der Waals surface area contributed by atoms with Gasteiger partial charge in [-0.15, -0.1) is 0 Å². The van der Waals surface area contributed by atoms with Gasteiger partial charge in [0.15, 0.2) is 5.16 Å². The van der Waals surface area contributed by atoms with Crippen LogP contribution in [0, 0.1) is 10.1 Å². The van der Waals surface area contributed by atoms with Crippen LogP contribution in [0.3, 0.4) is 0 Å². The maximum Gasteiger partial charge on any atom is 0.348 e. The first kappa shape index (κ1) is 16.0. The third-order valence-electron chi connectivity index (χ3n) is 2.82. The summed E-state index contributed by atoms with van der Waals surface area (Å²) in [5.41, 5.74) is -0.340. The molecule has 0 aliphatic heterocycles. The van der Waals surface area contributed by atoms with Crippen molar-refractivity contribution >= 4 is 34.9 Å². The summed E-state index contributed by atoms with van der Waals surface area (Å²) in [6, 6.07) is -0.214. The number of aromatic nitrogens is 2. The van der Waals surface area contributed by atoms with Gasteiger partial charge in [-0.1, -0.05) is 42.4 Å². The highest BCUT2D eigenvalue weighted by Crippen LogP contribution is 2.33. The Bertz CT molecular complexity index is 570. The van der Waals surface area contributed by atoms with E-state index in [2.05, 4.69) is 15.3 Å². The molecule has 21 heavy (non-hydrogen) atoms. The Balaban J connectivity index is 2.28. The van der Waals surface area contributed by atoms with Gasteiger partial charge in [-0.3, -0.25) is 10.1 Å². The average molecular weight is 331 g/mol. The summed E-state index contributed by atoms with van der Waals surface area (Å²) in [7, 11) is 0. The molecule has 1 unspecified atom stereocenters. The summed E-state index contributed by atoms with van der Waals surface area (Å²) in [5, 5.41) is 23.8. The van der Waals surface area contributed by atoms with E-state index in [1.54, 1.807) is 12.2 Å². The molecular weight excluding hydrogens is 316 g/mol. The van der Waals surface area contributed by atoms with Crippen molar-refractivity contribution in [1.29, 1.82) is 0 Å². The Hall–Kier alpha value is -1.38. The molecule has 1 aromatic heterocycles. The van der Waals surface area contributed by atoms with Crippen molar-refractivity contribution in [3.05, 3.63) is 27.4 Å². The van der Waals surface area contributed by atoms with Gasteiger partial charge in [-0.25, -0.2) is 4.98 Å². The number of hydrogen-bond donors (Lipinski definition) is 2. The van der Waals surface area contributed by atoms with E-state index in [-0.39, 0.29) is 22.7 Å². The van der Waals surface area contributed by atoms with Gasteiger partial charge in [0.25, 0.3) is 0 Å². The van der Waals surface area contributed by atoms with Crippen LogP contribution in [0.4, 0.5) is 11.5 Å². The standard InChI is InChI=1S/C12H15ClN4O3S/c1-2-5-21-12-15-10(13)9(17(19)20)11(16-12)14-7-3-4-8(18)6-7/h3-4,7-8,18H,2,5-6H2,1H3,(H,14,15,16)/t7?,8-/m1/s1. The molecule has 9 heteroatoms. The molecule has 2 atom stereocenters. The molecule has 1 heterocycles. The zero-order valence-electron chi connectivity index (χ0n) is 11.3. The van der Waals surface area contributed by atoms with Crippen molar-refractivity contribution in [3.8, 4) is 0 Å². The van der Waals surface area contributed by atoms with E-state index in [1.165, 1.54) is 11.8 Å². The first-order valence-electron chi connectivity index (χ1n) is 6.49. The minimum Gasteiger partial charge on any atom is -0.389 e. The number of halogens is 1. The summed E-state index contributed by atoms with van der Waals surface area (Å²) >= 11 is 7.30. The molecule has 2 N–H and O–H groups in total. The fraction of sp³-hybridized carbons (Fsp3) is 0.500. The van der Waals surface area contributed by atoms with Crippen LogP contribution >= 0.6 is 23.4 Å². The molecule has 1 aromatic rings. The first-order valence-corrected chi connectivity index (χ1v) is 7.85.